The van der Waals surface area contributed by atoms with Gasteiger partial charge in [0, 0.05) is 9.77 Å². The predicted octanol–water partition coefficient (Wildman–Crippen LogP) is 2.96. The summed E-state index contributed by atoms with van der Waals surface area (Å²) in [5.74, 6) is 0.230. The van der Waals surface area contributed by atoms with Crippen molar-refractivity contribution in [3.63, 3.8) is 0 Å². The number of nitrogens with zero attached hydrogens (tertiary/aromatic N) is 1. The molecule has 0 bridgehead atoms. The second-order valence-electron chi connectivity index (χ2n) is 4.78. The first kappa shape index (κ1) is 14.2. The van der Waals surface area contributed by atoms with Crippen molar-refractivity contribution in [1.29, 1.82) is 0 Å². The lowest BCUT2D eigenvalue weighted by Crippen LogP contribution is -2.28. The maximum atomic E-state index is 12.2. The van der Waals surface area contributed by atoms with Crippen LogP contribution in [-0.2, 0) is 0 Å². The van der Waals surface area contributed by atoms with E-state index in [1.807, 2.05) is 0 Å². The fraction of sp³-hybridized carbons (Fsp3) is 0.385. The van der Waals surface area contributed by atoms with E-state index in [9.17, 15) is 4.79 Å². The highest BCUT2D eigenvalue weighted by atomic mass is 35.5. The van der Waals surface area contributed by atoms with Gasteiger partial charge >= 0.3 is 0 Å². The van der Waals surface area contributed by atoms with E-state index < -0.39 is 0 Å². The van der Waals surface area contributed by atoms with Crippen molar-refractivity contribution in [2.75, 3.05) is 13.7 Å². The molecule has 19 heavy (non-hydrogen) atoms. The number of thioether (sulfide) groups is 1. The zero-order valence-electron chi connectivity index (χ0n) is 11.0. The third-order valence-corrected chi connectivity index (χ3v) is 3.94. The Kier molecular flexibility index (Phi) is 4.06. The van der Waals surface area contributed by atoms with Crippen LogP contribution in [0.15, 0.2) is 23.2 Å². The van der Waals surface area contributed by atoms with E-state index >= 15 is 0 Å². The van der Waals surface area contributed by atoms with Gasteiger partial charge in [0.05, 0.1) is 19.2 Å². The zero-order chi connectivity index (χ0) is 14.0. The van der Waals surface area contributed by atoms with Gasteiger partial charge < -0.3 is 10.1 Å². The number of carbonyl (C=O) groups excluding carboxylic acids is 1. The topological polar surface area (TPSA) is 50.7 Å². The molecule has 102 valence electrons. The number of amides is 1. The van der Waals surface area contributed by atoms with Crippen LogP contribution in [-0.4, -0.2) is 29.5 Å². The lowest BCUT2D eigenvalue weighted by molar-refractivity contribution is 0.0975. The van der Waals surface area contributed by atoms with E-state index in [-0.39, 0.29) is 10.7 Å². The van der Waals surface area contributed by atoms with Crippen molar-refractivity contribution in [3.05, 3.63) is 28.8 Å². The van der Waals surface area contributed by atoms with Crippen LogP contribution in [0.25, 0.3) is 0 Å². The van der Waals surface area contributed by atoms with Gasteiger partial charge in [-0.2, -0.15) is 0 Å². The molecule has 0 aromatic heterocycles. The SMILES string of the molecule is COc1ccc(Cl)cc1C(=O)NC1=NCC(C)(C)S1. The van der Waals surface area contributed by atoms with Crippen LogP contribution in [0.2, 0.25) is 5.02 Å². The number of aliphatic imine (C=N–C) groups is 1. The molecule has 0 spiro atoms. The van der Waals surface area contributed by atoms with Crippen LogP contribution in [0.5, 0.6) is 5.75 Å². The Morgan fingerprint density at radius 3 is 2.84 bits per heavy atom. The number of rotatable bonds is 2. The minimum absolute atomic E-state index is 0.0288. The summed E-state index contributed by atoms with van der Waals surface area (Å²) in [5.41, 5.74) is 0.406. The Labute approximate surface area is 121 Å². The molecule has 1 aromatic rings. The first-order valence-corrected chi connectivity index (χ1v) is 6.99. The molecular weight excluding hydrogens is 284 g/mol. The van der Waals surface area contributed by atoms with Gasteiger partial charge in [-0.05, 0) is 32.0 Å². The fourth-order valence-corrected chi connectivity index (χ4v) is 2.77. The number of nitrogens with one attached hydrogen (secondary N) is 1. The average molecular weight is 299 g/mol. The molecule has 1 heterocycles. The van der Waals surface area contributed by atoms with Gasteiger partial charge in [0.25, 0.3) is 5.91 Å². The van der Waals surface area contributed by atoms with Crippen LogP contribution >= 0.6 is 23.4 Å². The van der Waals surface area contributed by atoms with Crippen molar-refractivity contribution in [3.8, 4) is 5.75 Å². The first-order valence-electron chi connectivity index (χ1n) is 5.80. The number of carbonyl (C=O) groups is 1. The van der Waals surface area contributed by atoms with Gasteiger partial charge in [-0.15, -0.1) is 0 Å². The molecule has 0 unspecified atom stereocenters. The highest BCUT2D eigenvalue weighted by molar-refractivity contribution is 8.15. The van der Waals surface area contributed by atoms with E-state index in [1.165, 1.54) is 7.11 Å². The Hall–Kier alpha value is -1.20. The van der Waals surface area contributed by atoms with Crippen molar-refractivity contribution in [1.82, 2.24) is 5.32 Å². The van der Waals surface area contributed by atoms with Crippen molar-refractivity contribution in [2.24, 2.45) is 4.99 Å². The van der Waals surface area contributed by atoms with Crippen LogP contribution in [0.3, 0.4) is 0 Å². The van der Waals surface area contributed by atoms with Crippen LogP contribution in [0, 0.1) is 0 Å². The normalized spacial score (nSPS) is 16.9. The molecule has 0 fully saturated rings. The molecule has 0 aliphatic carbocycles. The summed E-state index contributed by atoms with van der Waals surface area (Å²) in [7, 11) is 1.52. The maximum absolute atomic E-state index is 12.2. The summed E-state index contributed by atoms with van der Waals surface area (Å²) in [5, 5.41) is 3.92. The molecule has 6 heteroatoms. The van der Waals surface area contributed by atoms with E-state index in [0.717, 1.165) is 0 Å². The number of amidine groups is 1. The minimum Gasteiger partial charge on any atom is -0.496 e. The van der Waals surface area contributed by atoms with E-state index in [1.54, 1.807) is 30.0 Å². The molecule has 0 atom stereocenters. The van der Waals surface area contributed by atoms with Crippen LogP contribution in [0.4, 0.5) is 0 Å². The van der Waals surface area contributed by atoms with Crippen molar-refractivity contribution < 1.29 is 9.53 Å². The molecule has 1 aliphatic rings. The average Bonchev–Trinajstić information content (AvgIpc) is 2.68. The molecule has 0 saturated heterocycles. The Morgan fingerprint density at radius 1 is 1.53 bits per heavy atom. The standard InChI is InChI=1S/C13H15ClN2O2S/c1-13(2)7-15-12(19-13)16-11(17)9-6-8(14)4-5-10(9)18-3/h4-6H,7H2,1-3H3,(H,15,16,17). The molecule has 4 nitrogen and oxygen atoms in total. The predicted molar refractivity (Wildman–Crippen MR) is 79.4 cm³/mol. The Balaban J connectivity index is 2.15. The zero-order valence-corrected chi connectivity index (χ0v) is 12.6. The van der Waals surface area contributed by atoms with Crippen molar-refractivity contribution >= 4 is 34.4 Å². The molecule has 1 N–H and O–H groups in total. The molecule has 1 aromatic carbocycles. The number of hydrogen-bond donors (Lipinski definition) is 1. The van der Waals surface area contributed by atoms with Gasteiger partial charge in [-0.3, -0.25) is 9.79 Å². The van der Waals surface area contributed by atoms with Gasteiger partial charge in [0.1, 0.15) is 5.75 Å². The highest BCUT2D eigenvalue weighted by Gasteiger charge is 2.28. The third-order valence-electron chi connectivity index (χ3n) is 2.60. The van der Waals surface area contributed by atoms with Gasteiger partial charge in [-0.1, -0.05) is 23.4 Å². The fourth-order valence-electron chi connectivity index (χ4n) is 1.68. The summed E-state index contributed by atoms with van der Waals surface area (Å²) < 4.78 is 5.19. The quantitative estimate of drug-likeness (QED) is 0.913. The van der Waals surface area contributed by atoms with Crippen LogP contribution in [0.1, 0.15) is 24.2 Å². The molecule has 0 radical (unpaired) electrons. The number of halogens is 1. The minimum atomic E-state index is -0.261. The van der Waals surface area contributed by atoms with Crippen LogP contribution < -0.4 is 10.1 Å². The van der Waals surface area contributed by atoms with E-state index in [0.29, 0.717) is 28.0 Å². The second kappa shape index (κ2) is 5.43. The number of methoxy groups -OCH3 is 1. The smallest absolute Gasteiger partial charge is 0.261 e. The second-order valence-corrected chi connectivity index (χ2v) is 6.91. The summed E-state index contributed by atoms with van der Waals surface area (Å²) >= 11 is 7.46. The van der Waals surface area contributed by atoms with Crippen molar-refractivity contribution in [2.45, 2.75) is 18.6 Å². The van der Waals surface area contributed by atoms with E-state index in [4.69, 9.17) is 16.3 Å². The molecule has 0 saturated carbocycles. The largest absolute Gasteiger partial charge is 0.496 e. The Morgan fingerprint density at radius 2 is 2.26 bits per heavy atom. The number of benzene rings is 1. The molecule has 2 rings (SSSR count). The first-order chi connectivity index (χ1) is 8.91. The summed E-state index contributed by atoms with van der Waals surface area (Å²) in [6.07, 6.45) is 0. The third kappa shape index (κ3) is 3.42. The van der Waals surface area contributed by atoms with Gasteiger partial charge in [-0.25, -0.2) is 0 Å². The van der Waals surface area contributed by atoms with Gasteiger partial charge in [0.15, 0.2) is 5.17 Å². The lowest BCUT2D eigenvalue weighted by atomic mass is 10.2. The number of ether oxygens (including phenoxy) is 1. The molecule has 1 aliphatic heterocycles. The monoisotopic (exact) mass is 298 g/mol. The maximum Gasteiger partial charge on any atom is 0.261 e. The summed E-state index contributed by atoms with van der Waals surface area (Å²) in [4.78, 5) is 16.5. The van der Waals surface area contributed by atoms with E-state index in [2.05, 4.69) is 24.2 Å². The summed E-state index contributed by atoms with van der Waals surface area (Å²) in [6.45, 7) is 4.86. The Bertz CT molecular complexity index is 543. The lowest BCUT2D eigenvalue weighted by Gasteiger charge is -2.14. The molecular formula is C13H15ClN2O2S. The van der Waals surface area contributed by atoms with Gasteiger partial charge in [0.2, 0.25) is 0 Å². The highest BCUT2D eigenvalue weighted by Crippen LogP contribution is 2.31. The number of hydrogen-bond acceptors (Lipinski definition) is 4. The molecule has 1 amide bonds. The summed E-state index contributed by atoms with van der Waals surface area (Å²) in [6, 6.07) is 4.94.